The van der Waals surface area contributed by atoms with Gasteiger partial charge in [-0.3, -0.25) is 9.59 Å². The van der Waals surface area contributed by atoms with E-state index in [1.807, 2.05) is 18.3 Å². The second kappa shape index (κ2) is 8.13. The monoisotopic (exact) mass is 330 g/mol. The summed E-state index contributed by atoms with van der Waals surface area (Å²) in [4.78, 5) is 30.2. The minimum absolute atomic E-state index is 0.00611. The van der Waals surface area contributed by atoms with Crippen LogP contribution < -0.4 is 15.5 Å². The number of pyridine rings is 1. The van der Waals surface area contributed by atoms with Gasteiger partial charge in [-0.1, -0.05) is 18.9 Å². The summed E-state index contributed by atoms with van der Waals surface area (Å²) in [7, 11) is 0. The van der Waals surface area contributed by atoms with Gasteiger partial charge in [-0.05, 0) is 30.9 Å². The Labute approximate surface area is 143 Å². The van der Waals surface area contributed by atoms with Crippen molar-refractivity contribution in [3.05, 3.63) is 23.9 Å². The predicted octanol–water partition coefficient (Wildman–Crippen LogP) is 1.60. The highest BCUT2D eigenvalue weighted by Gasteiger charge is 2.24. The van der Waals surface area contributed by atoms with Crippen LogP contribution in [-0.2, 0) is 16.1 Å². The van der Waals surface area contributed by atoms with Crippen molar-refractivity contribution < 1.29 is 9.59 Å². The lowest BCUT2D eigenvalue weighted by Gasteiger charge is -2.22. The van der Waals surface area contributed by atoms with Crippen molar-refractivity contribution in [3.8, 4) is 0 Å². The van der Waals surface area contributed by atoms with E-state index in [-0.39, 0.29) is 17.7 Å². The van der Waals surface area contributed by atoms with Gasteiger partial charge in [0.1, 0.15) is 5.82 Å². The Morgan fingerprint density at radius 2 is 2.04 bits per heavy atom. The second-order valence-corrected chi connectivity index (χ2v) is 6.68. The summed E-state index contributed by atoms with van der Waals surface area (Å²) in [6, 6.07) is 4.09. The molecule has 2 aliphatic heterocycles. The Kier molecular flexibility index (Phi) is 5.67. The quantitative estimate of drug-likeness (QED) is 0.879. The number of hydrogen-bond donors (Lipinski definition) is 2. The van der Waals surface area contributed by atoms with Crippen LogP contribution in [0.1, 0.15) is 44.1 Å². The van der Waals surface area contributed by atoms with Crippen LogP contribution in [0.25, 0.3) is 0 Å². The molecule has 1 aromatic heterocycles. The van der Waals surface area contributed by atoms with Crippen LogP contribution in [0.2, 0.25) is 0 Å². The number of anilines is 1. The van der Waals surface area contributed by atoms with Crippen LogP contribution in [0, 0.1) is 5.92 Å². The molecule has 2 fully saturated rings. The number of carbonyl (C=O) groups excluding carboxylic acids is 2. The molecule has 130 valence electrons. The fraction of sp³-hybridized carbons (Fsp3) is 0.611. The van der Waals surface area contributed by atoms with E-state index in [1.54, 1.807) is 0 Å². The Bertz CT molecular complexity index is 555. The molecule has 0 aromatic carbocycles. The molecule has 2 amide bonds. The first-order valence-corrected chi connectivity index (χ1v) is 8.96. The van der Waals surface area contributed by atoms with Crippen LogP contribution in [0.4, 0.5) is 5.82 Å². The van der Waals surface area contributed by atoms with E-state index in [9.17, 15) is 9.59 Å². The molecular weight excluding hydrogens is 304 g/mol. The zero-order chi connectivity index (χ0) is 16.8. The molecule has 0 spiro atoms. The zero-order valence-electron chi connectivity index (χ0n) is 14.1. The third kappa shape index (κ3) is 4.46. The molecular formula is C18H26N4O2. The number of nitrogens with zero attached hydrogens (tertiary/aromatic N) is 2. The van der Waals surface area contributed by atoms with Gasteiger partial charge in [-0.2, -0.15) is 0 Å². The minimum Gasteiger partial charge on any atom is -0.357 e. The van der Waals surface area contributed by atoms with Crippen molar-refractivity contribution in [1.82, 2.24) is 15.6 Å². The molecule has 6 heteroatoms. The van der Waals surface area contributed by atoms with Gasteiger partial charge in [-0.25, -0.2) is 4.98 Å². The average molecular weight is 330 g/mol. The fourth-order valence-electron chi connectivity index (χ4n) is 3.30. The minimum atomic E-state index is -0.118. The molecule has 0 radical (unpaired) electrons. The summed E-state index contributed by atoms with van der Waals surface area (Å²) in [6.45, 7) is 3.08. The molecule has 2 saturated heterocycles. The molecule has 0 aliphatic carbocycles. The molecule has 0 unspecified atom stereocenters. The highest BCUT2D eigenvalue weighted by Crippen LogP contribution is 2.17. The van der Waals surface area contributed by atoms with E-state index >= 15 is 0 Å². The number of hydrogen-bond acceptors (Lipinski definition) is 4. The maximum Gasteiger partial charge on any atom is 0.225 e. The van der Waals surface area contributed by atoms with Gasteiger partial charge in [-0.15, -0.1) is 0 Å². The molecule has 3 rings (SSSR count). The molecule has 0 saturated carbocycles. The highest BCUT2D eigenvalue weighted by atomic mass is 16.2. The number of carbonyl (C=O) groups is 2. The molecule has 1 atom stereocenters. The van der Waals surface area contributed by atoms with E-state index in [4.69, 9.17) is 0 Å². The number of rotatable bonds is 4. The lowest BCUT2D eigenvalue weighted by molar-refractivity contribution is -0.129. The van der Waals surface area contributed by atoms with Crippen LogP contribution in [0.5, 0.6) is 0 Å². The van der Waals surface area contributed by atoms with Gasteiger partial charge in [0.25, 0.3) is 0 Å². The van der Waals surface area contributed by atoms with E-state index in [0.717, 1.165) is 24.5 Å². The summed E-state index contributed by atoms with van der Waals surface area (Å²) in [5.41, 5.74) is 1.00. The largest absolute Gasteiger partial charge is 0.357 e. The normalized spacial score (nSPS) is 21.8. The lowest BCUT2D eigenvalue weighted by atomic mass is 9.98. The molecule has 2 N–H and O–H groups in total. The summed E-state index contributed by atoms with van der Waals surface area (Å²) in [6.07, 6.45) is 8.00. The maximum atomic E-state index is 12.1. The van der Waals surface area contributed by atoms with Gasteiger partial charge in [0, 0.05) is 38.8 Å². The van der Waals surface area contributed by atoms with Crippen molar-refractivity contribution >= 4 is 17.6 Å². The van der Waals surface area contributed by atoms with E-state index in [0.29, 0.717) is 25.9 Å². The van der Waals surface area contributed by atoms with Gasteiger partial charge in [0.15, 0.2) is 0 Å². The maximum absolute atomic E-state index is 12.1. The lowest BCUT2D eigenvalue weighted by Crippen LogP contribution is -2.42. The zero-order valence-corrected chi connectivity index (χ0v) is 14.1. The van der Waals surface area contributed by atoms with Crippen molar-refractivity contribution in [2.45, 2.75) is 45.1 Å². The van der Waals surface area contributed by atoms with Gasteiger partial charge >= 0.3 is 0 Å². The Hall–Kier alpha value is -2.11. The number of piperidine rings is 1. The van der Waals surface area contributed by atoms with Crippen LogP contribution >= 0.6 is 0 Å². The third-order valence-corrected chi connectivity index (χ3v) is 4.84. The van der Waals surface area contributed by atoms with Crippen LogP contribution in [0.15, 0.2) is 18.3 Å². The van der Waals surface area contributed by atoms with Crippen molar-refractivity contribution in [2.75, 3.05) is 24.5 Å². The first-order chi connectivity index (χ1) is 11.7. The topological polar surface area (TPSA) is 74.3 Å². The molecule has 2 aliphatic rings. The molecule has 1 aromatic rings. The van der Waals surface area contributed by atoms with Crippen molar-refractivity contribution in [3.63, 3.8) is 0 Å². The number of amides is 2. The second-order valence-electron chi connectivity index (χ2n) is 6.68. The summed E-state index contributed by atoms with van der Waals surface area (Å²) in [5, 5.41) is 5.69. The number of aromatic nitrogens is 1. The highest BCUT2D eigenvalue weighted by molar-refractivity contribution is 5.83. The smallest absolute Gasteiger partial charge is 0.225 e. The van der Waals surface area contributed by atoms with Crippen LogP contribution in [0.3, 0.4) is 0 Å². The van der Waals surface area contributed by atoms with Crippen molar-refractivity contribution in [2.24, 2.45) is 5.92 Å². The Morgan fingerprint density at radius 1 is 1.25 bits per heavy atom. The molecule has 3 heterocycles. The molecule has 24 heavy (non-hydrogen) atoms. The number of nitrogens with one attached hydrogen (secondary N) is 2. The first kappa shape index (κ1) is 16.7. The summed E-state index contributed by atoms with van der Waals surface area (Å²) in [5.74, 6) is 0.952. The molecule has 0 bridgehead atoms. The third-order valence-electron chi connectivity index (χ3n) is 4.84. The molecule has 6 nitrogen and oxygen atoms in total. The van der Waals surface area contributed by atoms with E-state index in [2.05, 4.69) is 20.5 Å². The summed E-state index contributed by atoms with van der Waals surface area (Å²) < 4.78 is 0. The SMILES string of the molecule is O=C1CC[C@H](C(=O)NCc2ccc(N3CCCCCC3)nc2)CN1. The average Bonchev–Trinajstić information content (AvgIpc) is 2.90. The van der Waals surface area contributed by atoms with Crippen molar-refractivity contribution in [1.29, 1.82) is 0 Å². The standard InChI is InChI=1S/C18H26N4O2/c23-17-8-6-15(13-20-17)18(24)21-12-14-5-7-16(19-11-14)22-9-3-1-2-4-10-22/h5,7,11,15H,1-4,6,8-10,12-13H2,(H,20,23)(H,21,24)/t15-/m0/s1. The Morgan fingerprint density at radius 3 is 2.67 bits per heavy atom. The Balaban J connectivity index is 1.49. The fourth-order valence-corrected chi connectivity index (χ4v) is 3.30. The first-order valence-electron chi connectivity index (χ1n) is 8.96. The van der Waals surface area contributed by atoms with Gasteiger partial charge in [0.05, 0.1) is 5.92 Å². The predicted molar refractivity (Wildman–Crippen MR) is 92.5 cm³/mol. The van der Waals surface area contributed by atoms with E-state index in [1.165, 1.54) is 25.7 Å². The van der Waals surface area contributed by atoms with Crippen LogP contribution in [-0.4, -0.2) is 36.4 Å². The van der Waals surface area contributed by atoms with E-state index < -0.39 is 0 Å². The van der Waals surface area contributed by atoms with Gasteiger partial charge in [0.2, 0.25) is 11.8 Å². The summed E-state index contributed by atoms with van der Waals surface area (Å²) >= 11 is 0. The van der Waals surface area contributed by atoms with Gasteiger partial charge < -0.3 is 15.5 Å².